The van der Waals surface area contributed by atoms with Crippen LogP contribution in [0.5, 0.6) is 0 Å². The number of carbonyl (C=O) groups excluding carboxylic acids is 2. The molecule has 2 nitrogen and oxygen atoms in total. The summed E-state index contributed by atoms with van der Waals surface area (Å²) in [4.78, 5) is 23.9. The van der Waals surface area contributed by atoms with Crippen LogP contribution in [-0.4, -0.2) is 11.6 Å². The van der Waals surface area contributed by atoms with E-state index in [-0.39, 0.29) is 0 Å². The SMILES string of the molecule is Cc1cccc2c1-c1ccccc1C(=O)C2=O. The number of hydrogen-bond acceptors (Lipinski definition) is 2. The van der Waals surface area contributed by atoms with Gasteiger partial charge in [0.2, 0.25) is 11.6 Å². The molecule has 0 saturated carbocycles. The molecular formula is C15H10O2. The monoisotopic (exact) mass is 222 g/mol. The molecule has 0 unspecified atom stereocenters. The number of aryl methyl sites for hydroxylation is 1. The van der Waals surface area contributed by atoms with Crippen molar-refractivity contribution in [3.05, 3.63) is 59.2 Å². The summed E-state index contributed by atoms with van der Waals surface area (Å²) in [5.41, 5.74) is 3.82. The van der Waals surface area contributed by atoms with Gasteiger partial charge in [0.25, 0.3) is 0 Å². The predicted octanol–water partition coefficient (Wildman–Crippen LogP) is 3.04. The van der Waals surface area contributed by atoms with E-state index in [1.807, 2.05) is 31.2 Å². The molecule has 82 valence electrons. The Morgan fingerprint density at radius 1 is 0.706 bits per heavy atom. The molecule has 0 N–H and O–H groups in total. The van der Waals surface area contributed by atoms with E-state index in [4.69, 9.17) is 0 Å². The maximum Gasteiger partial charge on any atom is 0.234 e. The van der Waals surface area contributed by atoms with Crippen LogP contribution in [0.15, 0.2) is 42.5 Å². The highest BCUT2D eigenvalue weighted by Crippen LogP contribution is 2.35. The molecule has 0 bridgehead atoms. The van der Waals surface area contributed by atoms with Crippen molar-refractivity contribution in [2.75, 3.05) is 0 Å². The maximum absolute atomic E-state index is 12.0. The molecule has 2 aromatic carbocycles. The molecule has 0 atom stereocenters. The summed E-state index contributed by atoms with van der Waals surface area (Å²) in [6, 6.07) is 12.8. The number of fused-ring (bicyclic) bond motifs is 3. The van der Waals surface area contributed by atoms with Crippen LogP contribution in [0.4, 0.5) is 0 Å². The van der Waals surface area contributed by atoms with Crippen molar-refractivity contribution < 1.29 is 9.59 Å². The van der Waals surface area contributed by atoms with E-state index in [0.717, 1.165) is 16.7 Å². The number of rotatable bonds is 0. The Morgan fingerprint density at radius 3 is 2.06 bits per heavy atom. The lowest BCUT2D eigenvalue weighted by Crippen LogP contribution is -2.21. The Kier molecular flexibility index (Phi) is 1.99. The van der Waals surface area contributed by atoms with Crippen molar-refractivity contribution in [3.8, 4) is 11.1 Å². The third-order valence-corrected chi connectivity index (χ3v) is 3.16. The van der Waals surface area contributed by atoms with Crippen LogP contribution < -0.4 is 0 Å². The average molecular weight is 222 g/mol. The zero-order chi connectivity index (χ0) is 12.0. The summed E-state index contributed by atoms with van der Waals surface area (Å²) in [5.74, 6) is -0.805. The van der Waals surface area contributed by atoms with Gasteiger partial charge >= 0.3 is 0 Å². The first-order valence-corrected chi connectivity index (χ1v) is 5.48. The fourth-order valence-corrected chi connectivity index (χ4v) is 2.36. The molecule has 1 aliphatic rings. The standard InChI is InChI=1S/C15H10O2/c1-9-5-4-8-12-13(9)10-6-2-3-7-11(10)14(16)15(12)17/h2-8H,1H3. The summed E-state index contributed by atoms with van der Waals surface area (Å²) in [5, 5.41) is 0. The van der Waals surface area contributed by atoms with Crippen molar-refractivity contribution in [1.29, 1.82) is 0 Å². The second-order valence-corrected chi connectivity index (χ2v) is 4.20. The molecule has 0 amide bonds. The lowest BCUT2D eigenvalue weighted by Gasteiger charge is -2.19. The Labute approximate surface area is 98.9 Å². The van der Waals surface area contributed by atoms with E-state index in [1.165, 1.54) is 0 Å². The lowest BCUT2D eigenvalue weighted by molar-refractivity contribution is 0.0815. The van der Waals surface area contributed by atoms with Gasteiger partial charge in [0.1, 0.15) is 0 Å². The molecule has 1 aliphatic carbocycles. The van der Waals surface area contributed by atoms with Crippen molar-refractivity contribution in [3.63, 3.8) is 0 Å². The van der Waals surface area contributed by atoms with Gasteiger partial charge in [-0.25, -0.2) is 0 Å². The summed E-state index contributed by atoms with van der Waals surface area (Å²) in [6.07, 6.45) is 0. The van der Waals surface area contributed by atoms with Gasteiger partial charge in [-0.1, -0.05) is 42.5 Å². The third-order valence-electron chi connectivity index (χ3n) is 3.16. The molecule has 17 heavy (non-hydrogen) atoms. The summed E-state index contributed by atoms with van der Waals surface area (Å²) < 4.78 is 0. The minimum absolute atomic E-state index is 0.401. The van der Waals surface area contributed by atoms with Gasteiger partial charge in [0.05, 0.1) is 0 Å². The van der Waals surface area contributed by atoms with Gasteiger partial charge in [0, 0.05) is 11.1 Å². The largest absolute Gasteiger partial charge is 0.285 e. The van der Waals surface area contributed by atoms with Gasteiger partial charge in [0.15, 0.2) is 0 Å². The van der Waals surface area contributed by atoms with Crippen molar-refractivity contribution in [2.45, 2.75) is 6.92 Å². The Hall–Kier alpha value is -2.22. The van der Waals surface area contributed by atoms with Gasteiger partial charge in [-0.2, -0.15) is 0 Å². The van der Waals surface area contributed by atoms with Gasteiger partial charge < -0.3 is 0 Å². The third kappa shape index (κ3) is 1.27. The average Bonchev–Trinajstić information content (AvgIpc) is 2.36. The molecule has 0 saturated heterocycles. The molecule has 0 fully saturated rings. The fourth-order valence-electron chi connectivity index (χ4n) is 2.36. The second-order valence-electron chi connectivity index (χ2n) is 4.20. The Bertz CT molecular complexity index is 654. The first-order valence-electron chi connectivity index (χ1n) is 5.48. The molecule has 2 heteroatoms. The normalized spacial score (nSPS) is 13.2. The number of hydrogen-bond donors (Lipinski definition) is 0. The minimum atomic E-state index is -0.404. The number of ketones is 2. The lowest BCUT2D eigenvalue weighted by atomic mass is 9.82. The highest BCUT2D eigenvalue weighted by atomic mass is 16.2. The van der Waals surface area contributed by atoms with Crippen LogP contribution in [0.3, 0.4) is 0 Å². The highest BCUT2D eigenvalue weighted by molar-refractivity contribution is 6.53. The van der Waals surface area contributed by atoms with Crippen LogP contribution in [0.25, 0.3) is 11.1 Å². The smallest absolute Gasteiger partial charge is 0.234 e. The Morgan fingerprint density at radius 2 is 1.29 bits per heavy atom. The summed E-state index contributed by atoms with van der Waals surface area (Å²) in [7, 11) is 0. The molecule has 3 rings (SSSR count). The van der Waals surface area contributed by atoms with E-state index in [9.17, 15) is 9.59 Å². The van der Waals surface area contributed by atoms with Gasteiger partial charge in [-0.3, -0.25) is 9.59 Å². The van der Waals surface area contributed by atoms with Crippen molar-refractivity contribution >= 4 is 11.6 Å². The number of benzene rings is 2. The molecule has 0 heterocycles. The zero-order valence-corrected chi connectivity index (χ0v) is 9.36. The number of carbonyl (C=O) groups is 2. The molecule has 0 aromatic heterocycles. The van der Waals surface area contributed by atoms with Gasteiger partial charge in [-0.05, 0) is 23.6 Å². The number of Topliss-reactive ketones (excluding diaryl/α,β-unsaturated/α-hetero) is 2. The zero-order valence-electron chi connectivity index (χ0n) is 9.36. The quantitative estimate of drug-likeness (QED) is 0.642. The van der Waals surface area contributed by atoms with Crippen LogP contribution in [0, 0.1) is 6.92 Å². The molecular weight excluding hydrogens is 212 g/mol. The fraction of sp³-hybridized carbons (Fsp3) is 0.0667. The van der Waals surface area contributed by atoms with Crippen LogP contribution in [-0.2, 0) is 0 Å². The van der Waals surface area contributed by atoms with E-state index in [1.54, 1.807) is 18.2 Å². The van der Waals surface area contributed by atoms with Crippen LogP contribution in [0.1, 0.15) is 26.3 Å². The van der Waals surface area contributed by atoms with E-state index in [2.05, 4.69) is 0 Å². The van der Waals surface area contributed by atoms with E-state index < -0.39 is 11.6 Å². The van der Waals surface area contributed by atoms with Crippen LogP contribution in [0.2, 0.25) is 0 Å². The molecule has 2 aromatic rings. The molecule has 0 spiro atoms. The molecule has 0 aliphatic heterocycles. The van der Waals surface area contributed by atoms with E-state index in [0.29, 0.717) is 11.1 Å². The summed E-state index contributed by atoms with van der Waals surface area (Å²) >= 11 is 0. The topological polar surface area (TPSA) is 34.1 Å². The maximum atomic E-state index is 12.0. The van der Waals surface area contributed by atoms with E-state index >= 15 is 0 Å². The second kappa shape index (κ2) is 3.39. The molecule has 0 radical (unpaired) electrons. The summed E-state index contributed by atoms with van der Waals surface area (Å²) in [6.45, 7) is 1.96. The first-order chi connectivity index (χ1) is 8.20. The predicted molar refractivity (Wildman–Crippen MR) is 65.3 cm³/mol. The van der Waals surface area contributed by atoms with Crippen molar-refractivity contribution in [1.82, 2.24) is 0 Å². The van der Waals surface area contributed by atoms with Crippen LogP contribution >= 0.6 is 0 Å². The highest BCUT2D eigenvalue weighted by Gasteiger charge is 2.30. The van der Waals surface area contributed by atoms with Crippen molar-refractivity contribution in [2.24, 2.45) is 0 Å². The first kappa shape index (κ1) is 9.97. The Balaban J connectivity index is 2.45. The van der Waals surface area contributed by atoms with Gasteiger partial charge in [-0.15, -0.1) is 0 Å². The minimum Gasteiger partial charge on any atom is -0.285 e.